The Labute approximate surface area is 149 Å². The molecule has 2 aromatic heterocycles. The molecule has 7 nitrogen and oxygen atoms in total. The van der Waals surface area contributed by atoms with Gasteiger partial charge in [0.05, 0.1) is 22.6 Å². The SMILES string of the molecule is Cc1cc(C(=O)N2Cc3ccccc3[C@H](C(=O)O)C2)c2c(C)noc2n1. The molecule has 1 atom stereocenters. The summed E-state index contributed by atoms with van der Waals surface area (Å²) in [5.74, 6) is -1.93. The van der Waals surface area contributed by atoms with Gasteiger partial charge in [0.1, 0.15) is 0 Å². The molecule has 3 aromatic rings. The quantitative estimate of drug-likeness (QED) is 0.762. The van der Waals surface area contributed by atoms with E-state index in [9.17, 15) is 14.7 Å². The Morgan fingerprint density at radius 3 is 2.81 bits per heavy atom. The molecule has 26 heavy (non-hydrogen) atoms. The zero-order chi connectivity index (χ0) is 18.4. The number of amides is 1. The summed E-state index contributed by atoms with van der Waals surface area (Å²) < 4.78 is 5.20. The predicted molar refractivity (Wildman–Crippen MR) is 92.8 cm³/mol. The van der Waals surface area contributed by atoms with Gasteiger partial charge in [-0.25, -0.2) is 4.98 Å². The summed E-state index contributed by atoms with van der Waals surface area (Å²) in [5.41, 5.74) is 3.60. The molecule has 0 saturated heterocycles. The summed E-state index contributed by atoms with van der Waals surface area (Å²) in [7, 11) is 0. The summed E-state index contributed by atoms with van der Waals surface area (Å²) in [6.07, 6.45) is 0. The maximum Gasteiger partial charge on any atom is 0.312 e. The first kappa shape index (κ1) is 16.3. The Morgan fingerprint density at radius 2 is 2.04 bits per heavy atom. The molecule has 0 radical (unpaired) electrons. The molecule has 1 aliphatic heterocycles. The van der Waals surface area contributed by atoms with Crippen molar-refractivity contribution in [2.24, 2.45) is 0 Å². The fourth-order valence-corrected chi connectivity index (χ4v) is 3.53. The number of aliphatic carboxylic acids is 1. The van der Waals surface area contributed by atoms with E-state index in [0.717, 1.165) is 11.1 Å². The maximum atomic E-state index is 13.2. The molecular weight excluding hydrogens is 334 g/mol. The Kier molecular flexibility index (Phi) is 3.72. The van der Waals surface area contributed by atoms with Gasteiger partial charge in [0.15, 0.2) is 0 Å². The average molecular weight is 351 g/mol. The van der Waals surface area contributed by atoms with Crippen molar-refractivity contribution in [3.05, 3.63) is 58.4 Å². The normalized spacial score (nSPS) is 16.5. The largest absolute Gasteiger partial charge is 0.481 e. The predicted octanol–water partition coefficient (Wildman–Crippen LogP) is 2.66. The molecule has 0 aliphatic carbocycles. The highest BCUT2D eigenvalue weighted by Gasteiger charge is 2.33. The van der Waals surface area contributed by atoms with Gasteiger partial charge in [-0.05, 0) is 31.0 Å². The number of aromatic nitrogens is 2. The van der Waals surface area contributed by atoms with Crippen molar-refractivity contribution in [3.63, 3.8) is 0 Å². The minimum absolute atomic E-state index is 0.123. The number of carbonyl (C=O) groups excluding carboxylic acids is 1. The molecule has 1 N–H and O–H groups in total. The standard InChI is InChI=1S/C19H17N3O4/c1-10-7-14(16-11(2)21-26-17(16)20-10)18(23)22-8-12-5-3-4-6-13(12)15(9-22)19(24)25/h3-7,15H,8-9H2,1-2H3,(H,24,25)/t15-/m1/s1. The number of nitrogens with zero attached hydrogens (tertiary/aromatic N) is 3. The second kappa shape index (κ2) is 5.94. The van der Waals surface area contributed by atoms with Gasteiger partial charge < -0.3 is 14.5 Å². The number of rotatable bonds is 2. The number of aryl methyl sites for hydroxylation is 2. The highest BCUT2D eigenvalue weighted by Crippen LogP contribution is 2.31. The van der Waals surface area contributed by atoms with E-state index >= 15 is 0 Å². The zero-order valence-corrected chi connectivity index (χ0v) is 14.4. The van der Waals surface area contributed by atoms with Gasteiger partial charge in [0.2, 0.25) is 0 Å². The van der Waals surface area contributed by atoms with Crippen LogP contribution in [0.25, 0.3) is 11.1 Å². The summed E-state index contributed by atoms with van der Waals surface area (Å²) in [6, 6.07) is 9.05. The van der Waals surface area contributed by atoms with E-state index in [4.69, 9.17) is 4.52 Å². The van der Waals surface area contributed by atoms with Crippen LogP contribution in [0.5, 0.6) is 0 Å². The van der Waals surface area contributed by atoms with Gasteiger partial charge >= 0.3 is 5.97 Å². The fraction of sp³-hybridized carbons (Fsp3) is 0.263. The van der Waals surface area contributed by atoms with Crippen LogP contribution in [0.3, 0.4) is 0 Å². The number of fused-ring (bicyclic) bond motifs is 2. The molecule has 132 valence electrons. The molecule has 0 spiro atoms. The molecule has 0 bridgehead atoms. The first-order valence-electron chi connectivity index (χ1n) is 8.29. The lowest BCUT2D eigenvalue weighted by Gasteiger charge is -2.33. The smallest absolute Gasteiger partial charge is 0.312 e. The number of hydrogen-bond acceptors (Lipinski definition) is 5. The van der Waals surface area contributed by atoms with Gasteiger partial charge in [-0.15, -0.1) is 0 Å². The number of carboxylic acids is 1. The summed E-state index contributed by atoms with van der Waals surface area (Å²) in [5, 5.41) is 14.1. The minimum atomic E-state index is -0.938. The summed E-state index contributed by atoms with van der Waals surface area (Å²) >= 11 is 0. The van der Waals surface area contributed by atoms with Gasteiger partial charge in [-0.1, -0.05) is 29.4 Å². The van der Waals surface area contributed by atoms with E-state index in [2.05, 4.69) is 10.1 Å². The van der Waals surface area contributed by atoms with Crippen molar-refractivity contribution < 1.29 is 19.2 Å². The summed E-state index contributed by atoms with van der Waals surface area (Å²) in [6.45, 7) is 4.02. The van der Waals surface area contributed by atoms with Gasteiger partial charge in [0.25, 0.3) is 11.6 Å². The molecular formula is C19H17N3O4. The lowest BCUT2D eigenvalue weighted by Crippen LogP contribution is -2.40. The number of benzene rings is 1. The van der Waals surface area contributed by atoms with E-state index in [1.54, 1.807) is 24.8 Å². The van der Waals surface area contributed by atoms with Crippen molar-refractivity contribution in [2.45, 2.75) is 26.3 Å². The number of pyridine rings is 1. The lowest BCUT2D eigenvalue weighted by atomic mass is 9.89. The van der Waals surface area contributed by atoms with E-state index < -0.39 is 11.9 Å². The minimum Gasteiger partial charge on any atom is -0.481 e. The first-order chi connectivity index (χ1) is 12.5. The van der Waals surface area contributed by atoms with Gasteiger partial charge in [0, 0.05) is 18.8 Å². The maximum absolute atomic E-state index is 13.2. The molecule has 0 saturated carbocycles. The van der Waals surface area contributed by atoms with Crippen LogP contribution in [-0.4, -0.2) is 38.6 Å². The number of carbonyl (C=O) groups is 2. The molecule has 1 aromatic carbocycles. The Balaban J connectivity index is 1.78. The van der Waals surface area contributed by atoms with Gasteiger partial charge in [-0.2, -0.15) is 0 Å². The zero-order valence-electron chi connectivity index (χ0n) is 14.4. The topological polar surface area (TPSA) is 96.5 Å². The highest BCUT2D eigenvalue weighted by atomic mass is 16.5. The van der Waals surface area contributed by atoms with Crippen LogP contribution < -0.4 is 0 Å². The third kappa shape index (κ3) is 2.52. The van der Waals surface area contributed by atoms with E-state index in [1.807, 2.05) is 24.3 Å². The molecule has 0 fully saturated rings. The molecule has 4 rings (SSSR count). The van der Waals surface area contributed by atoms with Crippen molar-refractivity contribution in [1.29, 1.82) is 0 Å². The van der Waals surface area contributed by atoms with Crippen LogP contribution in [0.15, 0.2) is 34.9 Å². The van der Waals surface area contributed by atoms with E-state index in [-0.39, 0.29) is 12.5 Å². The van der Waals surface area contributed by atoms with Crippen molar-refractivity contribution in [2.75, 3.05) is 6.54 Å². The Bertz CT molecular complexity index is 1040. The van der Waals surface area contributed by atoms with Crippen LogP contribution >= 0.6 is 0 Å². The first-order valence-corrected chi connectivity index (χ1v) is 8.29. The summed E-state index contributed by atoms with van der Waals surface area (Å²) in [4.78, 5) is 30.8. The Hall–Kier alpha value is -3.22. The van der Waals surface area contributed by atoms with Crippen molar-refractivity contribution in [3.8, 4) is 0 Å². The molecule has 1 aliphatic rings. The molecule has 3 heterocycles. The van der Waals surface area contributed by atoms with Crippen molar-refractivity contribution >= 4 is 23.0 Å². The third-order valence-electron chi connectivity index (χ3n) is 4.76. The molecule has 1 amide bonds. The van der Waals surface area contributed by atoms with Crippen LogP contribution in [0, 0.1) is 13.8 Å². The molecule has 7 heteroatoms. The van der Waals surface area contributed by atoms with Crippen LogP contribution in [0.2, 0.25) is 0 Å². The fourth-order valence-electron chi connectivity index (χ4n) is 3.53. The average Bonchev–Trinajstić information content (AvgIpc) is 3.00. The van der Waals surface area contributed by atoms with E-state index in [1.165, 1.54) is 0 Å². The van der Waals surface area contributed by atoms with Crippen LogP contribution in [-0.2, 0) is 11.3 Å². The lowest BCUT2D eigenvalue weighted by molar-refractivity contribution is -0.139. The van der Waals surface area contributed by atoms with Crippen LogP contribution in [0.1, 0.15) is 38.8 Å². The van der Waals surface area contributed by atoms with Gasteiger partial charge in [-0.3, -0.25) is 9.59 Å². The monoisotopic (exact) mass is 351 g/mol. The van der Waals surface area contributed by atoms with Crippen molar-refractivity contribution in [1.82, 2.24) is 15.0 Å². The molecule has 0 unspecified atom stereocenters. The second-order valence-corrected chi connectivity index (χ2v) is 6.53. The number of carboxylic acid groups (broad SMARTS) is 1. The Morgan fingerprint density at radius 1 is 1.27 bits per heavy atom. The number of hydrogen-bond donors (Lipinski definition) is 1. The second-order valence-electron chi connectivity index (χ2n) is 6.53. The third-order valence-corrected chi connectivity index (χ3v) is 4.76. The highest BCUT2D eigenvalue weighted by molar-refractivity contribution is 6.06. The van der Waals surface area contributed by atoms with E-state index in [0.29, 0.717) is 34.6 Å². The van der Waals surface area contributed by atoms with Crippen LogP contribution in [0.4, 0.5) is 0 Å².